The lowest BCUT2D eigenvalue weighted by Crippen LogP contribution is -2.24. The lowest BCUT2D eigenvalue weighted by Gasteiger charge is -2.00. The molecule has 1 fully saturated rings. The number of hydrogen-bond donors (Lipinski definition) is 4. The number of aliphatic hydroxyl groups is 2. The first-order valence-electron chi connectivity index (χ1n) is 3.73. The van der Waals surface area contributed by atoms with Crippen LogP contribution in [0.2, 0.25) is 0 Å². The number of nitrogens with one attached hydrogen (secondary N) is 2. The van der Waals surface area contributed by atoms with Crippen molar-refractivity contribution < 1.29 is 15.0 Å². The summed E-state index contributed by atoms with van der Waals surface area (Å²) in [4.78, 5) is 14.8. The Kier molecular flexibility index (Phi) is 2.99. The molecule has 1 aliphatic rings. The zero-order chi connectivity index (χ0) is 9.84. The van der Waals surface area contributed by atoms with Crippen LogP contribution < -0.4 is 10.6 Å². The molecule has 1 atom stereocenters. The van der Waals surface area contributed by atoms with Crippen molar-refractivity contribution in [3.8, 4) is 0 Å². The Labute approximate surface area is 75.0 Å². The van der Waals surface area contributed by atoms with E-state index in [1.807, 2.05) is 0 Å². The first kappa shape index (κ1) is 9.69. The standard InChI is InChI=1S/C7H11N3O3/c1-8-7-9-5(6(13)10-7)2-4(12)3-11/h2,4,11-12H,3H2,1H3,(H2,8,9,10,13)/b5-2+. The smallest absolute Gasteiger partial charge is 0.274 e. The average Bonchev–Trinajstić information content (AvgIpc) is 2.47. The van der Waals surface area contributed by atoms with E-state index in [2.05, 4.69) is 15.6 Å². The molecule has 4 N–H and O–H groups in total. The van der Waals surface area contributed by atoms with Gasteiger partial charge < -0.3 is 15.5 Å². The Hall–Kier alpha value is -1.40. The third-order valence-electron chi connectivity index (χ3n) is 1.50. The van der Waals surface area contributed by atoms with Crippen LogP contribution in [0.1, 0.15) is 0 Å². The van der Waals surface area contributed by atoms with Gasteiger partial charge in [0.15, 0.2) is 0 Å². The van der Waals surface area contributed by atoms with Crippen molar-refractivity contribution in [3.05, 3.63) is 11.8 Å². The van der Waals surface area contributed by atoms with Crippen LogP contribution in [0.4, 0.5) is 0 Å². The summed E-state index contributed by atoms with van der Waals surface area (Å²) in [7, 11) is 1.52. The summed E-state index contributed by atoms with van der Waals surface area (Å²) in [6.45, 7) is -0.420. The first-order chi connectivity index (χ1) is 6.17. The van der Waals surface area contributed by atoms with Crippen LogP contribution in [0.15, 0.2) is 16.8 Å². The summed E-state index contributed by atoms with van der Waals surface area (Å²) in [6, 6.07) is 0. The van der Waals surface area contributed by atoms with E-state index >= 15 is 0 Å². The molecule has 1 saturated heterocycles. The molecule has 72 valence electrons. The number of guanidine groups is 1. The number of nitrogens with zero attached hydrogens (tertiary/aromatic N) is 1. The maximum absolute atomic E-state index is 11.1. The lowest BCUT2D eigenvalue weighted by molar-refractivity contribution is -0.115. The van der Waals surface area contributed by atoms with Gasteiger partial charge in [-0.05, 0) is 6.08 Å². The molecule has 1 heterocycles. The minimum absolute atomic E-state index is 0.196. The molecule has 1 aliphatic heterocycles. The second-order valence-electron chi connectivity index (χ2n) is 2.48. The van der Waals surface area contributed by atoms with Crippen LogP contribution in [0.25, 0.3) is 0 Å². The number of hydrogen-bond acceptors (Lipinski definition) is 4. The Balaban J connectivity index is 2.73. The molecular formula is C7H11N3O3. The van der Waals surface area contributed by atoms with Crippen LogP contribution in [0, 0.1) is 0 Å². The molecule has 0 bridgehead atoms. The van der Waals surface area contributed by atoms with Gasteiger partial charge in [-0.1, -0.05) is 0 Å². The molecule has 0 spiro atoms. The van der Waals surface area contributed by atoms with Gasteiger partial charge in [0.2, 0.25) is 5.96 Å². The van der Waals surface area contributed by atoms with E-state index in [4.69, 9.17) is 10.2 Å². The Morgan fingerprint density at radius 2 is 2.31 bits per heavy atom. The number of carbonyl (C=O) groups excluding carboxylic acids is 1. The normalized spacial score (nSPS) is 24.7. The zero-order valence-electron chi connectivity index (χ0n) is 7.11. The van der Waals surface area contributed by atoms with E-state index in [9.17, 15) is 4.79 Å². The fourth-order valence-electron chi connectivity index (χ4n) is 0.865. The third kappa shape index (κ3) is 2.27. The number of aliphatic imine (C=N–C) groups is 1. The molecule has 1 amide bonds. The van der Waals surface area contributed by atoms with Gasteiger partial charge in [0, 0.05) is 7.05 Å². The number of amides is 1. The van der Waals surface area contributed by atoms with E-state index in [1.54, 1.807) is 0 Å². The van der Waals surface area contributed by atoms with Crippen molar-refractivity contribution in [2.45, 2.75) is 6.10 Å². The average molecular weight is 185 g/mol. The summed E-state index contributed by atoms with van der Waals surface area (Å²) in [5, 5.41) is 22.6. The highest BCUT2D eigenvalue weighted by Gasteiger charge is 2.21. The summed E-state index contributed by atoms with van der Waals surface area (Å²) < 4.78 is 0. The van der Waals surface area contributed by atoms with Crippen molar-refractivity contribution in [2.75, 3.05) is 13.7 Å². The second-order valence-corrected chi connectivity index (χ2v) is 2.48. The van der Waals surface area contributed by atoms with Gasteiger partial charge in [-0.15, -0.1) is 0 Å². The number of aliphatic hydroxyl groups excluding tert-OH is 2. The maximum Gasteiger partial charge on any atom is 0.274 e. The monoisotopic (exact) mass is 185 g/mol. The van der Waals surface area contributed by atoms with E-state index in [0.29, 0.717) is 5.96 Å². The van der Waals surface area contributed by atoms with E-state index < -0.39 is 12.7 Å². The molecule has 6 nitrogen and oxygen atoms in total. The molecule has 0 aromatic carbocycles. The molecule has 0 saturated carbocycles. The number of rotatable bonds is 2. The largest absolute Gasteiger partial charge is 0.393 e. The molecular weight excluding hydrogens is 174 g/mol. The highest BCUT2D eigenvalue weighted by molar-refractivity contribution is 6.13. The van der Waals surface area contributed by atoms with Gasteiger partial charge in [0.25, 0.3) is 5.91 Å². The van der Waals surface area contributed by atoms with Gasteiger partial charge in [-0.2, -0.15) is 0 Å². The number of carbonyl (C=O) groups is 1. The molecule has 0 aliphatic carbocycles. The minimum atomic E-state index is -1.04. The fourth-order valence-corrected chi connectivity index (χ4v) is 0.865. The SMILES string of the molecule is CN=C1NC(=O)/C(=C\C(O)CO)N1. The fraction of sp³-hybridized carbons (Fsp3) is 0.429. The van der Waals surface area contributed by atoms with E-state index in [1.165, 1.54) is 13.1 Å². The van der Waals surface area contributed by atoms with Gasteiger partial charge >= 0.3 is 0 Å². The van der Waals surface area contributed by atoms with Crippen molar-refractivity contribution in [2.24, 2.45) is 4.99 Å². The van der Waals surface area contributed by atoms with Crippen molar-refractivity contribution in [1.29, 1.82) is 0 Å². The predicted molar refractivity (Wildman–Crippen MR) is 45.8 cm³/mol. The molecule has 13 heavy (non-hydrogen) atoms. The van der Waals surface area contributed by atoms with Crippen LogP contribution in [-0.4, -0.2) is 41.8 Å². The molecule has 0 radical (unpaired) electrons. The summed E-state index contributed by atoms with van der Waals surface area (Å²) in [5.41, 5.74) is 0.196. The zero-order valence-corrected chi connectivity index (χ0v) is 7.11. The van der Waals surface area contributed by atoms with Crippen LogP contribution >= 0.6 is 0 Å². The second kappa shape index (κ2) is 4.01. The molecule has 0 aromatic heterocycles. The predicted octanol–water partition coefficient (Wildman–Crippen LogP) is -2.07. The van der Waals surface area contributed by atoms with E-state index in [0.717, 1.165) is 0 Å². The molecule has 1 rings (SSSR count). The van der Waals surface area contributed by atoms with Crippen molar-refractivity contribution in [1.82, 2.24) is 10.6 Å². The van der Waals surface area contributed by atoms with Crippen molar-refractivity contribution in [3.63, 3.8) is 0 Å². The molecule has 0 aromatic rings. The quantitative estimate of drug-likeness (QED) is 0.372. The van der Waals surface area contributed by atoms with Gasteiger partial charge in [-0.25, -0.2) is 0 Å². The van der Waals surface area contributed by atoms with Crippen LogP contribution in [0.3, 0.4) is 0 Å². The summed E-state index contributed by atoms with van der Waals surface area (Å²) >= 11 is 0. The Morgan fingerprint density at radius 1 is 1.62 bits per heavy atom. The maximum atomic E-state index is 11.1. The highest BCUT2D eigenvalue weighted by Crippen LogP contribution is 1.99. The molecule has 6 heteroatoms. The van der Waals surface area contributed by atoms with Gasteiger partial charge in [-0.3, -0.25) is 15.1 Å². The topological polar surface area (TPSA) is 94.0 Å². The highest BCUT2D eigenvalue weighted by atomic mass is 16.3. The van der Waals surface area contributed by atoms with Crippen LogP contribution in [-0.2, 0) is 4.79 Å². The molecule has 1 unspecified atom stereocenters. The van der Waals surface area contributed by atoms with E-state index in [-0.39, 0.29) is 11.6 Å². The lowest BCUT2D eigenvalue weighted by atomic mass is 10.3. The van der Waals surface area contributed by atoms with Crippen LogP contribution in [0.5, 0.6) is 0 Å². The summed E-state index contributed by atoms with van der Waals surface area (Å²) in [5.74, 6) is -0.0329. The first-order valence-corrected chi connectivity index (χ1v) is 3.73. The van der Waals surface area contributed by atoms with Crippen molar-refractivity contribution >= 4 is 11.9 Å². The minimum Gasteiger partial charge on any atom is -0.393 e. The van der Waals surface area contributed by atoms with Gasteiger partial charge in [0.05, 0.1) is 12.7 Å². The van der Waals surface area contributed by atoms with Gasteiger partial charge in [0.1, 0.15) is 5.70 Å². The summed E-state index contributed by atoms with van der Waals surface area (Å²) in [6.07, 6.45) is 0.192. The third-order valence-corrected chi connectivity index (χ3v) is 1.50. The Bertz CT molecular complexity index is 272. The Morgan fingerprint density at radius 3 is 2.77 bits per heavy atom.